The highest BCUT2D eigenvalue weighted by Crippen LogP contribution is 2.23. The van der Waals surface area contributed by atoms with E-state index in [-0.39, 0.29) is 18.9 Å². The molecule has 1 heterocycles. The van der Waals surface area contributed by atoms with Crippen LogP contribution in [0.25, 0.3) is 10.8 Å². The van der Waals surface area contributed by atoms with Crippen molar-refractivity contribution >= 4 is 22.6 Å². The molecule has 2 aromatic carbocycles. The Morgan fingerprint density at radius 1 is 1.10 bits per heavy atom. The Balaban J connectivity index is 1.94. The second kappa shape index (κ2) is 5.18. The zero-order valence-electron chi connectivity index (χ0n) is 11.3. The van der Waals surface area contributed by atoms with Gasteiger partial charge in [0.25, 0.3) is 5.91 Å². The molecule has 5 heteroatoms. The van der Waals surface area contributed by atoms with Crippen LogP contribution in [0, 0.1) is 0 Å². The van der Waals surface area contributed by atoms with Crippen molar-refractivity contribution in [3.05, 3.63) is 48.0 Å². The van der Waals surface area contributed by atoms with Gasteiger partial charge in [0.05, 0.1) is 6.10 Å². The van der Waals surface area contributed by atoms with Gasteiger partial charge in [-0.25, -0.2) is 4.79 Å². The van der Waals surface area contributed by atoms with E-state index >= 15 is 0 Å². The van der Waals surface area contributed by atoms with E-state index in [4.69, 9.17) is 5.11 Å². The molecule has 108 valence electrons. The first-order chi connectivity index (χ1) is 10.1. The van der Waals surface area contributed by atoms with Gasteiger partial charge < -0.3 is 15.1 Å². The average molecular weight is 285 g/mol. The molecule has 1 fully saturated rings. The minimum atomic E-state index is -1.08. The highest BCUT2D eigenvalue weighted by Gasteiger charge is 2.39. The number of carboxylic acid groups (broad SMARTS) is 1. The summed E-state index contributed by atoms with van der Waals surface area (Å²) < 4.78 is 0. The van der Waals surface area contributed by atoms with Gasteiger partial charge in [-0.1, -0.05) is 30.3 Å². The van der Waals surface area contributed by atoms with Crippen LogP contribution < -0.4 is 0 Å². The Hall–Kier alpha value is -2.40. The molecule has 0 unspecified atom stereocenters. The van der Waals surface area contributed by atoms with Crippen LogP contribution in [-0.2, 0) is 4.79 Å². The van der Waals surface area contributed by atoms with Gasteiger partial charge in [0.2, 0.25) is 0 Å². The summed E-state index contributed by atoms with van der Waals surface area (Å²) in [4.78, 5) is 24.9. The summed E-state index contributed by atoms with van der Waals surface area (Å²) in [5.41, 5.74) is 0.439. The van der Waals surface area contributed by atoms with E-state index in [1.165, 1.54) is 4.90 Å². The van der Waals surface area contributed by atoms with Gasteiger partial charge in [-0.2, -0.15) is 0 Å². The number of β-amino-alcohol motifs (C(OH)–C–C–N with tert-alkyl or cyclic N) is 1. The molecule has 1 saturated heterocycles. The summed E-state index contributed by atoms with van der Waals surface area (Å²) in [5, 5.41) is 20.7. The van der Waals surface area contributed by atoms with Crippen molar-refractivity contribution in [2.75, 3.05) is 6.54 Å². The summed E-state index contributed by atoms with van der Waals surface area (Å²) >= 11 is 0. The van der Waals surface area contributed by atoms with Gasteiger partial charge in [-0.3, -0.25) is 4.79 Å². The minimum Gasteiger partial charge on any atom is -0.480 e. The minimum absolute atomic E-state index is 0.0582. The molecule has 1 aliphatic heterocycles. The van der Waals surface area contributed by atoms with Crippen molar-refractivity contribution in [2.24, 2.45) is 0 Å². The molecular weight excluding hydrogens is 270 g/mol. The van der Waals surface area contributed by atoms with E-state index in [2.05, 4.69) is 0 Å². The topological polar surface area (TPSA) is 77.8 Å². The molecule has 1 aliphatic rings. The number of hydrogen-bond donors (Lipinski definition) is 2. The monoisotopic (exact) mass is 285 g/mol. The third-order valence-electron chi connectivity index (χ3n) is 3.82. The van der Waals surface area contributed by atoms with Crippen LogP contribution in [0.5, 0.6) is 0 Å². The fraction of sp³-hybridized carbons (Fsp3) is 0.250. The standard InChI is InChI=1S/C16H15NO4/c18-13-8-14(16(20)21)17(9-13)15(19)12-6-5-10-3-1-2-4-11(10)7-12/h1-7,13-14,18H,8-9H2,(H,20,21)/t13-,14+/m0/s1. The largest absolute Gasteiger partial charge is 0.480 e. The number of carbonyl (C=O) groups excluding carboxylic acids is 1. The van der Waals surface area contributed by atoms with Crippen molar-refractivity contribution < 1.29 is 19.8 Å². The van der Waals surface area contributed by atoms with Crippen LogP contribution >= 0.6 is 0 Å². The van der Waals surface area contributed by atoms with Crippen LogP contribution in [0.2, 0.25) is 0 Å². The quantitative estimate of drug-likeness (QED) is 0.876. The first-order valence-corrected chi connectivity index (χ1v) is 6.77. The molecule has 5 nitrogen and oxygen atoms in total. The molecule has 2 atom stereocenters. The number of aliphatic carboxylic acids is 1. The Morgan fingerprint density at radius 3 is 2.52 bits per heavy atom. The number of carboxylic acids is 1. The van der Waals surface area contributed by atoms with Crippen LogP contribution in [0.4, 0.5) is 0 Å². The zero-order chi connectivity index (χ0) is 15.0. The van der Waals surface area contributed by atoms with Crippen LogP contribution in [-0.4, -0.2) is 45.7 Å². The third kappa shape index (κ3) is 2.48. The molecule has 0 saturated carbocycles. The highest BCUT2D eigenvalue weighted by molar-refractivity contribution is 6.00. The number of amides is 1. The Labute approximate surface area is 121 Å². The van der Waals surface area contributed by atoms with Gasteiger partial charge in [0.15, 0.2) is 0 Å². The Morgan fingerprint density at radius 2 is 1.81 bits per heavy atom. The third-order valence-corrected chi connectivity index (χ3v) is 3.82. The van der Waals surface area contributed by atoms with Crippen molar-refractivity contribution in [1.29, 1.82) is 0 Å². The predicted molar refractivity (Wildman–Crippen MR) is 77.0 cm³/mol. The first kappa shape index (κ1) is 13.6. The number of nitrogens with zero attached hydrogens (tertiary/aromatic N) is 1. The molecule has 0 spiro atoms. The summed E-state index contributed by atoms with van der Waals surface area (Å²) in [5.74, 6) is -1.44. The number of carbonyl (C=O) groups is 2. The molecule has 0 bridgehead atoms. The second-order valence-electron chi connectivity index (χ2n) is 5.26. The molecule has 3 rings (SSSR count). The van der Waals surface area contributed by atoms with Crippen LogP contribution in [0.3, 0.4) is 0 Å². The fourth-order valence-electron chi connectivity index (χ4n) is 2.76. The smallest absolute Gasteiger partial charge is 0.326 e. The summed E-state index contributed by atoms with van der Waals surface area (Å²) in [7, 11) is 0. The Bertz CT molecular complexity index is 712. The number of aliphatic hydroxyl groups excluding tert-OH is 1. The van der Waals surface area contributed by atoms with Crippen molar-refractivity contribution in [1.82, 2.24) is 4.90 Å². The number of aliphatic hydroxyl groups is 1. The lowest BCUT2D eigenvalue weighted by Gasteiger charge is -2.21. The first-order valence-electron chi connectivity index (χ1n) is 6.77. The second-order valence-corrected chi connectivity index (χ2v) is 5.26. The lowest BCUT2D eigenvalue weighted by Crippen LogP contribution is -2.40. The van der Waals surface area contributed by atoms with Crippen molar-refractivity contribution in [3.63, 3.8) is 0 Å². The van der Waals surface area contributed by atoms with Crippen LogP contribution in [0.1, 0.15) is 16.8 Å². The predicted octanol–water partition coefficient (Wildman–Crippen LogP) is 1.50. The molecule has 2 N–H and O–H groups in total. The van der Waals surface area contributed by atoms with Crippen molar-refractivity contribution in [2.45, 2.75) is 18.6 Å². The van der Waals surface area contributed by atoms with Crippen LogP contribution in [0.15, 0.2) is 42.5 Å². The molecular formula is C16H15NO4. The van der Waals surface area contributed by atoms with E-state index in [0.717, 1.165) is 10.8 Å². The normalized spacial score (nSPS) is 21.7. The van der Waals surface area contributed by atoms with E-state index in [1.54, 1.807) is 12.1 Å². The van der Waals surface area contributed by atoms with E-state index in [0.29, 0.717) is 5.56 Å². The lowest BCUT2D eigenvalue weighted by molar-refractivity contribution is -0.141. The fourth-order valence-corrected chi connectivity index (χ4v) is 2.76. The number of likely N-dealkylation sites (tertiary alicyclic amines) is 1. The number of hydrogen-bond acceptors (Lipinski definition) is 3. The van der Waals surface area contributed by atoms with E-state index in [9.17, 15) is 14.7 Å². The Kier molecular flexibility index (Phi) is 3.35. The van der Waals surface area contributed by atoms with Gasteiger partial charge in [0.1, 0.15) is 6.04 Å². The SMILES string of the molecule is O=C(O)[C@H]1C[C@H](O)CN1C(=O)c1ccc2ccccc2c1. The summed E-state index contributed by atoms with van der Waals surface area (Å²) in [6.07, 6.45) is -0.704. The van der Waals surface area contributed by atoms with Gasteiger partial charge in [-0.15, -0.1) is 0 Å². The number of rotatable bonds is 2. The highest BCUT2D eigenvalue weighted by atomic mass is 16.4. The maximum atomic E-state index is 12.5. The summed E-state index contributed by atoms with van der Waals surface area (Å²) in [6.45, 7) is 0.0582. The zero-order valence-corrected chi connectivity index (χ0v) is 11.3. The summed E-state index contributed by atoms with van der Waals surface area (Å²) in [6, 6.07) is 12.0. The lowest BCUT2D eigenvalue weighted by atomic mass is 10.1. The number of benzene rings is 2. The molecule has 21 heavy (non-hydrogen) atoms. The maximum Gasteiger partial charge on any atom is 0.326 e. The molecule has 0 radical (unpaired) electrons. The van der Waals surface area contributed by atoms with Gasteiger partial charge >= 0.3 is 5.97 Å². The molecule has 2 aromatic rings. The molecule has 0 aliphatic carbocycles. The molecule has 1 amide bonds. The van der Waals surface area contributed by atoms with E-state index in [1.807, 2.05) is 30.3 Å². The van der Waals surface area contributed by atoms with Gasteiger partial charge in [-0.05, 0) is 22.9 Å². The van der Waals surface area contributed by atoms with Gasteiger partial charge in [0, 0.05) is 18.5 Å². The average Bonchev–Trinajstić information content (AvgIpc) is 2.88. The maximum absolute atomic E-state index is 12.5. The van der Waals surface area contributed by atoms with E-state index < -0.39 is 18.1 Å². The van der Waals surface area contributed by atoms with Crippen molar-refractivity contribution in [3.8, 4) is 0 Å². The number of fused-ring (bicyclic) bond motifs is 1. The molecule has 0 aromatic heterocycles.